The van der Waals surface area contributed by atoms with Crippen molar-refractivity contribution < 1.29 is 22.7 Å². The number of nitrogens with one attached hydrogen (secondary N) is 2. The van der Waals surface area contributed by atoms with Gasteiger partial charge in [0, 0.05) is 6.26 Å². The third-order valence-electron chi connectivity index (χ3n) is 3.72. The SMILES string of the molecule is Cc1ccc(NC(=O)C(=O)Nc2nc(C(N)S(C)(=O)=O)c(Br)s2)c(OCC(C)C)c1. The molecule has 0 aliphatic rings. The molecule has 1 aromatic carbocycles. The Morgan fingerprint density at radius 2 is 1.90 bits per heavy atom. The predicted octanol–water partition coefficient (Wildman–Crippen LogP) is 2.83. The molecule has 0 aliphatic heterocycles. The number of sulfone groups is 1. The molecule has 1 aromatic heterocycles. The number of carbonyl (C=O) groups excluding carboxylic acids is 2. The summed E-state index contributed by atoms with van der Waals surface area (Å²) >= 11 is 4.13. The molecule has 0 fully saturated rings. The second-order valence-electron chi connectivity index (χ2n) is 7.04. The lowest BCUT2D eigenvalue weighted by atomic mass is 10.2. The number of nitrogens with zero attached hydrogens (tertiary/aromatic N) is 1. The van der Waals surface area contributed by atoms with Gasteiger partial charge < -0.3 is 15.8 Å². The molecular formula is C18H23BrN4O5S2. The number of benzene rings is 1. The second-order valence-corrected chi connectivity index (χ2v) is 11.5. The molecule has 0 saturated heterocycles. The van der Waals surface area contributed by atoms with Gasteiger partial charge in [0.25, 0.3) is 0 Å². The fraction of sp³-hybridized carbons (Fsp3) is 0.389. The highest BCUT2D eigenvalue weighted by Crippen LogP contribution is 2.33. The van der Waals surface area contributed by atoms with Crippen molar-refractivity contribution in [2.24, 2.45) is 11.7 Å². The number of ether oxygens (including phenoxy) is 1. The fourth-order valence-electron chi connectivity index (χ4n) is 2.19. The van der Waals surface area contributed by atoms with E-state index in [-0.39, 0.29) is 16.7 Å². The number of aryl methyl sites for hydroxylation is 1. The molecular weight excluding hydrogens is 496 g/mol. The average Bonchev–Trinajstić information content (AvgIpc) is 3.00. The summed E-state index contributed by atoms with van der Waals surface area (Å²) in [4.78, 5) is 28.6. The highest BCUT2D eigenvalue weighted by molar-refractivity contribution is 9.11. The summed E-state index contributed by atoms with van der Waals surface area (Å²) in [5, 5.41) is 3.55. The van der Waals surface area contributed by atoms with E-state index in [4.69, 9.17) is 10.5 Å². The zero-order valence-corrected chi connectivity index (χ0v) is 20.1. The van der Waals surface area contributed by atoms with E-state index in [1.165, 1.54) is 0 Å². The van der Waals surface area contributed by atoms with E-state index in [0.29, 0.717) is 21.8 Å². The monoisotopic (exact) mass is 518 g/mol. The number of hydrogen-bond acceptors (Lipinski definition) is 8. The molecule has 0 spiro atoms. The second kappa shape index (κ2) is 9.86. The van der Waals surface area contributed by atoms with Gasteiger partial charge in [0.2, 0.25) is 0 Å². The molecule has 4 N–H and O–H groups in total. The summed E-state index contributed by atoms with van der Waals surface area (Å²) < 4.78 is 29.3. The summed E-state index contributed by atoms with van der Waals surface area (Å²) in [6.45, 7) is 6.34. The summed E-state index contributed by atoms with van der Waals surface area (Å²) in [7, 11) is -3.58. The van der Waals surface area contributed by atoms with Gasteiger partial charge in [0.05, 0.1) is 16.1 Å². The molecule has 1 unspecified atom stereocenters. The Balaban J connectivity index is 2.12. The number of amides is 2. The molecule has 1 atom stereocenters. The zero-order valence-electron chi connectivity index (χ0n) is 16.9. The van der Waals surface area contributed by atoms with Crippen molar-refractivity contribution in [3.8, 4) is 5.75 Å². The summed E-state index contributed by atoms with van der Waals surface area (Å²) in [5.41, 5.74) is 7.04. The largest absolute Gasteiger partial charge is 0.491 e. The molecule has 2 amide bonds. The summed E-state index contributed by atoms with van der Waals surface area (Å²) in [6.07, 6.45) is 0.982. The van der Waals surface area contributed by atoms with E-state index < -0.39 is 27.0 Å². The number of carbonyl (C=O) groups is 2. The maximum absolute atomic E-state index is 12.3. The van der Waals surface area contributed by atoms with Gasteiger partial charge in [-0.3, -0.25) is 14.9 Å². The van der Waals surface area contributed by atoms with Crippen LogP contribution in [-0.4, -0.2) is 38.1 Å². The van der Waals surface area contributed by atoms with Crippen molar-refractivity contribution in [1.82, 2.24) is 4.98 Å². The van der Waals surface area contributed by atoms with Gasteiger partial charge in [0.15, 0.2) is 20.3 Å². The molecule has 0 radical (unpaired) electrons. The molecule has 2 rings (SSSR count). The minimum absolute atomic E-state index is 0.0383. The van der Waals surface area contributed by atoms with Crippen molar-refractivity contribution in [1.29, 1.82) is 0 Å². The van der Waals surface area contributed by atoms with Crippen LogP contribution in [0.5, 0.6) is 5.75 Å². The minimum Gasteiger partial charge on any atom is -0.491 e. The van der Waals surface area contributed by atoms with Crippen LogP contribution >= 0.6 is 27.3 Å². The highest BCUT2D eigenvalue weighted by Gasteiger charge is 2.26. The van der Waals surface area contributed by atoms with Crippen molar-refractivity contribution in [2.45, 2.75) is 26.1 Å². The van der Waals surface area contributed by atoms with Gasteiger partial charge in [-0.25, -0.2) is 13.4 Å². The average molecular weight is 519 g/mol. The quantitative estimate of drug-likeness (QED) is 0.478. The molecule has 0 aliphatic carbocycles. The van der Waals surface area contributed by atoms with Crippen molar-refractivity contribution in [2.75, 3.05) is 23.5 Å². The molecule has 0 saturated carbocycles. The smallest absolute Gasteiger partial charge is 0.315 e. The standard InChI is InChI=1S/C18H23BrN4O5S2/c1-9(2)8-28-12-7-10(3)5-6-11(12)21-16(24)17(25)23-18-22-13(14(19)29-18)15(20)30(4,26)27/h5-7,9,15H,8,20H2,1-4H3,(H,21,24)(H,22,23,25). The topological polar surface area (TPSA) is 140 Å². The van der Waals surface area contributed by atoms with Gasteiger partial charge in [0.1, 0.15) is 11.4 Å². The van der Waals surface area contributed by atoms with E-state index in [1.54, 1.807) is 18.2 Å². The van der Waals surface area contributed by atoms with E-state index in [9.17, 15) is 18.0 Å². The number of rotatable bonds is 7. The van der Waals surface area contributed by atoms with E-state index in [1.807, 2.05) is 20.8 Å². The van der Waals surface area contributed by atoms with Crippen LogP contribution in [0.25, 0.3) is 0 Å². The molecule has 9 nitrogen and oxygen atoms in total. The van der Waals surface area contributed by atoms with Gasteiger partial charge in [-0.2, -0.15) is 0 Å². The van der Waals surface area contributed by atoms with Crippen molar-refractivity contribution >= 4 is 59.7 Å². The van der Waals surface area contributed by atoms with Crippen molar-refractivity contribution in [3.63, 3.8) is 0 Å². The minimum atomic E-state index is -3.58. The first-order valence-electron chi connectivity index (χ1n) is 8.85. The first-order chi connectivity index (χ1) is 13.9. The van der Waals surface area contributed by atoms with Crippen LogP contribution in [0.15, 0.2) is 22.0 Å². The van der Waals surface area contributed by atoms with E-state index in [0.717, 1.165) is 23.2 Å². The van der Waals surface area contributed by atoms with Gasteiger partial charge in [-0.1, -0.05) is 31.3 Å². The number of halogens is 1. The number of anilines is 2. The van der Waals surface area contributed by atoms with Crippen LogP contribution in [-0.2, 0) is 19.4 Å². The zero-order chi connectivity index (χ0) is 22.6. The Labute approximate surface area is 187 Å². The Bertz CT molecular complexity index is 1050. The number of hydrogen-bond donors (Lipinski definition) is 3. The van der Waals surface area contributed by atoms with Crippen LogP contribution in [0.3, 0.4) is 0 Å². The van der Waals surface area contributed by atoms with Crippen LogP contribution < -0.4 is 21.1 Å². The van der Waals surface area contributed by atoms with Crippen LogP contribution in [0, 0.1) is 12.8 Å². The summed E-state index contributed by atoms with van der Waals surface area (Å²) in [6, 6.07) is 5.21. The maximum atomic E-state index is 12.3. The van der Waals surface area contributed by atoms with Gasteiger partial charge >= 0.3 is 11.8 Å². The Kier molecular flexibility index (Phi) is 7.97. The molecule has 12 heteroatoms. The molecule has 30 heavy (non-hydrogen) atoms. The fourth-order valence-corrected chi connectivity index (χ4v) is 4.52. The highest BCUT2D eigenvalue weighted by atomic mass is 79.9. The number of nitrogens with two attached hydrogens (primary N) is 1. The van der Waals surface area contributed by atoms with Crippen LogP contribution in [0.1, 0.15) is 30.5 Å². The number of aromatic nitrogens is 1. The Morgan fingerprint density at radius 3 is 2.50 bits per heavy atom. The van der Waals surface area contributed by atoms with Crippen molar-refractivity contribution in [3.05, 3.63) is 33.2 Å². The molecule has 0 bridgehead atoms. The number of thiazole rings is 1. The predicted molar refractivity (Wildman–Crippen MR) is 120 cm³/mol. The normalized spacial score (nSPS) is 12.5. The lowest BCUT2D eigenvalue weighted by Gasteiger charge is -2.14. The first-order valence-corrected chi connectivity index (χ1v) is 12.4. The lowest BCUT2D eigenvalue weighted by molar-refractivity contribution is -0.133. The van der Waals surface area contributed by atoms with Gasteiger partial charge in [-0.05, 0) is 46.5 Å². The molecule has 1 heterocycles. The van der Waals surface area contributed by atoms with Gasteiger partial charge in [-0.15, -0.1) is 0 Å². The maximum Gasteiger partial charge on any atom is 0.315 e. The third-order valence-corrected chi connectivity index (χ3v) is 6.54. The Hall–Kier alpha value is -2.02. The molecule has 164 valence electrons. The molecule has 2 aromatic rings. The van der Waals surface area contributed by atoms with E-state index in [2.05, 4.69) is 31.5 Å². The van der Waals surface area contributed by atoms with Crippen LogP contribution in [0.2, 0.25) is 0 Å². The third kappa shape index (κ3) is 6.49. The van der Waals surface area contributed by atoms with E-state index >= 15 is 0 Å². The first kappa shape index (κ1) is 24.3. The summed E-state index contributed by atoms with van der Waals surface area (Å²) in [5.74, 6) is -1.14. The Morgan fingerprint density at radius 1 is 1.27 bits per heavy atom. The lowest BCUT2D eigenvalue weighted by Crippen LogP contribution is -2.29. The van der Waals surface area contributed by atoms with Crippen LogP contribution in [0.4, 0.5) is 10.8 Å².